The molecule has 0 amide bonds. The number of rotatable bonds is 2. The summed E-state index contributed by atoms with van der Waals surface area (Å²) in [5, 5.41) is 12.6. The number of anilines is 1. The van der Waals surface area contributed by atoms with Crippen molar-refractivity contribution in [2.75, 3.05) is 5.32 Å². The molecule has 2 nitrogen and oxygen atoms in total. The molecule has 2 atom stereocenters. The molecule has 1 aliphatic rings. The van der Waals surface area contributed by atoms with Gasteiger partial charge in [0.1, 0.15) is 11.6 Å². The summed E-state index contributed by atoms with van der Waals surface area (Å²) in [6, 6.07) is 3.12. The van der Waals surface area contributed by atoms with Gasteiger partial charge in [0.2, 0.25) is 0 Å². The fraction of sp³-hybridized carbons (Fsp3) is 0.500. The first kappa shape index (κ1) is 11.3. The van der Waals surface area contributed by atoms with Gasteiger partial charge in [-0.2, -0.15) is 0 Å². The van der Waals surface area contributed by atoms with Crippen LogP contribution in [0.4, 0.5) is 14.5 Å². The van der Waals surface area contributed by atoms with Gasteiger partial charge in [0.25, 0.3) is 0 Å². The van der Waals surface area contributed by atoms with Gasteiger partial charge >= 0.3 is 0 Å². The molecule has 4 heteroatoms. The fourth-order valence-electron chi connectivity index (χ4n) is 2.09. The third-order valence-corrected chi connectivity index (χ3v) is 3.00. The number of halogens is 2. The van der Waals surface area contributed by atoms with Crippen LogP contribution < -0.4 is 5.32 Å². The van der Waals surface area contributed by atoms with Crippen LogP contribution in [-0.2, 0) is 0 Å². The van der Waals surface area contributed by atoms with Crippen LogP contribution in [0.5, 0.6) is 0 Å². The second-order valence-electron chi connectivity index (χ2n) is 4.23. The second-order valence-corrected chi connectivity index (χ2v) is 4.23. The Kier molecular flexibility index (Phi) is 3.39. The van der Waals surface area contributed by atoms with Gasteiger partial charge in [-0.15, -0.1) is 0 Å². The summed E-state index contributed by atoms with van der Waals surface area (Å²) in [5.41, 5.74) is 0.131. The highest BCUT2D eigenvalue weighted by atomic mass is 19.1. The molecule has 0 heterocycles. The van der Waals surface area contributed by atoms with Gasteiger partial charge in [0, 0.05) is 0 Å². The predicted molar refractivity (Wildman–Crippen MR) is 58.2 cm³/mol. The molecule has 1 aromatic rings. The van der Waals surface area contributed by atoms with Gasteiger partial charge < -0.3 is 10.4 Å². The Morgan fingerprint density at radius 1 is 1.19 bits per heavy atom. The molecule has 1 aromatic carbocycles. The fourth-order valence-corrected chi connectivity index (χ4v) is 2.09. The minimum Gasteiger partial charge on any atom is -0.391 e. The van der Waals surface area contributed by atoms with Crippen molar-refractivity contribution >= 4 is 5.69 Å². The Balaban J connectivity index is 2.10. The van der Waals surface area contributed by atoms with E-state index in [4.69, 9.17) is 0 Å². The summed E-state index contributed by atoms with van der Waals surface area (Å²) >= 11 is 0. The average Bonchev–Trinajstić information content (AvgIpc) is 2.27. The van der Waals surface area contributed by atoms with Crippen LogP contribution >= 0.6 is 0 Å². The molecule has 1 fully saturated rings. The van der Waals surface area contributed by atoms with Crippen LogP contribution in [0.25, 0.3) is 0 Å². The number of aliphatic hydroxyl groups is 1. The lowest BCUT2D eigenvalue weighted by molar-refractivity contribution is 0.116. The van der Waals surface area contributed by atoms with Gasteiger partial charge in [0.15, 0.2) is 0 Å². The van der Waals surface area contributed by atoms with Crippen molar-refractivity contribution in [1.29, 1.82) is 0 Å². The van der Waals surface area contributed by atoms with Gasteiger partial charge in [-0.1, -0.05) is 12.8 Å². The molecular weight excluding hydrogens is 212 g/mol. The molecule has 2 N–H and O–H groups in total. The summed E-state index contributed by atoms with van der Waals surface area (Å²) < 4.78 is 26.3. The molecular formula is C12H15F2NO. The number of aliphatic hydroxyl groups excluding tert-OH is 1. The highest BCUT2D eigenvalue weighted by Crippen LogP contribution is 2.24. The average molecular weight is 227 g/mol. The molecule has 0 aliphatic heterocycles. The van der Waals surface area contributed by atoms with Crippen LogP contribution in [0.15, 0.2) is 18.2 Å². The lowest BCUT2D eigenvalue weighted by Crippen LogP contribution is -2.36. The van der Waals surface area contributed by atoms with Crippen molar-refractivity contribution in [2.45, 2.75) is 37.8 Å². The SMILES string of the molecule is O[C@H]1CCCC[C@@H]1Nc1cc(F)ccc1F. The monoisotopic (exact) mass is 227 g/mol. The van der Waals surface area contributed by atoms with Crippen LogP contribution in [-0.4, -0.2) is 17.3 Å². The molecule has 0 spiro atoms. The summed E-state index contributed by atoms with van der Waals surface area (Å²) in [7, 11) is 0. The number of hydrogen-bond acceptors (Lipinski definition) is 2. The van der Waals surface area contributed by atoms with E-state index in [0.29, 0.717) is 6.42 Å². The molecule has 0 radical (unpaired) electrons. The van der Waals surface area contributed by atoms with Crippen molar-refractivity contribution in [3.8, 4) is 0 Å². The summed E-state index contributed by atoms with van der Waals surface area (Å²) in [6.07, 6.45) is 3.03. The zero-order valence-electron chi connectivity index (χ0n) is 8.92. The Morgan fingerprint density at radius 2 is 1.94 bits per heavy atom. The maximum atomic E-state index is 13.3. The standard InChI is InChI=1S/C12H15F2NO/c13-8-5-6-9(14)11(7-8)15-10-3-1-2-4-12(10)16/h5-7,10,12,15-16H,1-4H2/t10-,12-/m0/s1. The van der Waals surface area contributed by atoms with Crippen LogP contribution in [0.1, 0.15) is 25.7 Å². The Morgan fingerprint density at radius 3 is 2.69 bits per heavy atom. The van der Waals surface area contributed by atoms with Crippen molar-refractivity contribution in [2.24, 2.45) is 0 Å². The van der Waals surface area contributed by atoms with Crippen molar-refractivity contribution in [3.63, 3.8) is 0 Å². The largest absolute Gasteiger partial charge is 0.391 e. The smallest absolute Gasteiger partial charge is 0.146 e. The normalized spacial score (nSPS) is 25.4. The number of hydrogen-bond donors (Lipinski definition) is 2. The van der Waals surface area contributed by atoms with Crippen molar-refractivity contribution < 1.29 is 13.9 Å². The van der Waals surface area contributed by atoms with Crippen LogP contribution in [0.2, 0.25) is 0 Å². The number of benzene rings is 1. The molecule has 0 bridgehead atoms. The summed E-state index contributed by atoms with van der Waals surface area (Å²) in [5.74, 6) is -0.964. The molecule has 0 aromatic heterocycles. The topological polar surface area (TPSA) is 32.3 Å². The highest BCUT2D eigenvalue weighted by molar-refractivity contribution is 5.46. The molecule has 1 aliphatic carbocycles. The van der Waals surface area contributed by atoms with Crippen molar-refractivity contribution in [3.05, 3.63) is 29.8 Å². The van der Waals surface area contributed by atoms with E-state index < -0.39 is 17.7 Å². The minimum absolute atomic E-state index is 0.131. The maximum Gasteiger partial charge on any atom is 0.146 e. The highest BCUT2D eigenvalue weighted by Gasteiger charge is 2.23. The van der Waals surface area contributed by atoms with E-state index in [1.807, 2.05) is 0 Å². The molecule has 0 unspecified atom stereocenters. The zero-order valence-corrected chi connectivity index (χ0v) is 8.92. The Hall–Kier alpha value is -1.16. The van der Waals surface area contributed by atoms with E-state index in [1.54, 1.807) is 0 Å². The maximum absolute atomic E-state index is 13.3. The quantitative estimate of drug-likeness (QED) is 0.814. The molecule has 16 heavy (non-hydrogen) atoms. The van der Waals surface area contributed by atoms with E-state index in [2.05, 4.69) is 5.32 Å². The second kappa shape index (κ2) is 4.78. The van der Waals surface area contributed by atoms with E-state index in [1.165, 1.54) is 0 Å². The first-order valence-electron chi connectivity index (χ1n) is 5.56. The third-order valence-electron chi connectivity index (χ3n) is 3.00. The number of nitrogens with one attached hydrogen (secondary N) is 1. The van der Waals surface area contributed by atoms with Gasteiger partial charge in [0.05, 0.1) is 17.8 Å². The van der Waals surface area contributed by atoms with Crippen LogP contribution in [0, 0.1) is 11.6 Å². The van der Waals surface area contributed by atoms with E-state index in [9.17, 15) is 13.9 Å². The third kappa shape index (κ3) is 2.50. The van der Waals surface area contributed by atoms with E-state index >= 15 is 0 Å². The predicted octanol–water partition coefficient (Wildman–Crippen LogP) is 2.68. The Labute approximate surface area is 93.3 Å². The van der Waals surface area contributed by atoms with Gasteiger partial charge in [-0.25, -0.2) is 8.78 Å². The van der Waals surface area contributed by atoms with Gasteiger partial charge in [-0.05, 0) is 31.0 Å². The Bertz CT molecular complexity index is 370. The zero-order chi connectivity index (χ0) is 11.5. The van der Waals surface area contributed by atoms with Gasteiger partial charge in [-0.3, -0.25) is 0 Å². The summed E-state index contributed by atoms with van der Waals surface area (Å²) in [6.45, 7) is 0. The summed E-state index contributed by atoms with van der Waals surface area (Å²) in [4.78, 5) is 0. The van der Waals surface area contributed by atoms with Crippen molar-refractivity contribution in [1.82, 2.24) is 0 Å². The molecule has 1 saturated carbocycles. The van der Waals surface area contributed by atoms with E-state index in [-0.39, 0.29) is 11.7 Å². The first-order chi connectivity index (χ1) is 7.66. The first-order valence-corrected chi connectivity index (χ1v) is 5.56. The lowest BCUT2D eigenvalue weighted by Gasteiger charge is -2.29. The van der Waals surface area contributed by atoms with E-state index in [0.717, 1.165) is 37.5 Å². The lowest BCUT2D eigenvalue weighted by atomic mass is 9.92. The molecule has 2 rings (SSSR count). The molecule has 0 saturated heterocycles. The van der Waals surface area contributed by atoms with Crippen LogP contribution in [0.3, 0.4) is 0 Å². The molecule has 88 valence electrons. The minimum atomic E-state index is -0.487.